The van der Waals surface area contributed by atoms with Crippen molar-refractivity contribution in [1.29, 1.82) is 0 Å². The molecular formula is C27H37N3O4. The van der Waals surface area contributed by atoms with E-state index in [1.54, 1.807) is 4.90 Å². The highest BCUT2D eigenvalue weighted by Crippen LogP contribution is 2.37. The molecule has 1 aromatic carbocycles. The van der Waals surface area contributed by atoms with E-state index in [0.29, 0.717) is 24.9 Å². The van der Waals surface area contributed by atoms with E-state index < -0.39 is 5.97 Å². The van der Waals surface area contributed by atoms with Crippen LogP contribution in [0.2, 0.25) is 0 Å². The number of hydrogen-bond acceptors (Lipinski definition) is 4. The van der Waals surface area contributed by atoms with Crippen molar-refractivity contribution in [2.24, 2.45) is 11.8 Å². The van der Waals surface area contributed by atoms with Gasteiger partial charge in [0.1, 0.15) is 5.82 Å². The smallest absolute Gasteiger partial charge is 0.409 e. The Morgan fingerprint density at radius 3 is 2.56 bits per heavy atom. The summed E-state index contributed by atoms with van der Waals surface area (Å²) in [5.41, 5.74) is 4.71. The molecule has 0 saturated heterocycles. The Hall–Kier alpha value is -2.57. The average molecular weight is 468 g/mol. The van der Waals surface area contributed by atoms with Gasteiger partial charge in [-0.05, 0) is 68.9 Å². The van der Waals surface area contributed by atoms with Crippen molar-refractivity contribution < 1.29 is 19.4 Å². The first-order chi connectivity index (χ1) is 16.5. The molecule has 0 radical (unpaired) electrons. The summed E-state index contributed by atoms with van der Waals surface area (Å²) in [5.74, 6) is 1.51. The Bertz CT molecular complexity index is 1050. The number of amides is 1. The predicted octanol–water partition coefficient (Wildman–Crippen LogP) is 5.49. The van der Waals surface area contributed by atoms with Crippen molar-refractivity contribution in [2.75, 3.05) is 13.7 Å². The zero-order chi connectivity index (χ0) is 23.7. The number of aryl methyl sites for hydroxylation is 1. The quantitative estimate of drug-likeness (QED) is 0.629. The Balaban J connectivity index is 1.43. The van der Waals surface area contributed by atoms with E-state index in [4.69, 9.17) is 9.72 Å². The number of methoxy groups -OCH3 is 1. The van der Waals surface area contributed by atoms with E-state index >= 15 is 0 Å². The van der Waals surface area contributed by atoms with E-state index in [9.17, 15) is 14.7 Å². The second-order valence-electron chi connectivity index (χ2n) is 10.5. The third-order valence-corrected chi connectivity index (χ3v) is 8.51. The summed E-state index contributed by atoms with van der Waals surface area (Å²) in [7, 11) is 1.44. The van der Waals surface area contributed by atoms with Gasteiger partial charge in [0.15, 0.2) is 0 Å². The molecule has 2 aliphatic carbocycles. The molecule has 2 fully saturated rings. The molecular weight excluding hydrogens is 430 g/mol. The largest absolute Gasteiger partial charge is 0.481 e. The van der Waals surface area contributed by atoms with Crippen LogP contribution in [0.1, 0.15) is 87.1 Å². The maximum absolute atomic E-state index is 12.2. The van der Waals surface area contributed by atoms with Crippen molar-refractivity contribution >= 4 is 23.1 Å². The molecule has 0 unspecified atom stereocenters. The van der Waals surface area contributed by atoms with Crippen molar-refractivity contribution in [3.63, 3.8) is 0 Å². The van der Waals surface area contributed by atoms with Gasteiger partial charge < -0.3 is 19.3 Å². The normalized spacial score (nSPS) is 23.6. The first-order valence-corrected chi connectivity index (χ1v) is 13.1. The fourth-order valence-corrected chi connectivity index (χ4v) is 6.44. The molecule has 0 atom stereocenters. The van der Waals surface area contributed by atoms with Gasteiger partial charge >= 0.3 is 12.1 Å². The number of imidazole rings is 1. The third kappa shape index (κ3) is 4.53. The number of ether oxygens (including phenoxy) is 1. The lowest BCUT2D eigenvalue weighted by atomic mass is 9.80. The minimum Gasteiger partial charge on any atom is -0.481 e. The second-order valence-corrected chi connectivity index (χ2v) is 10.5. The molecule has 5 rings (SSSR count). The van der Waals surface area contributed by atoms with Gasteiger partial charge in [0.05, 0.1) is 30.6 Å². The van der Waals surface area contributed by atoms with Crippen LogP contribution in [-0.4, -0.2) is 45.3 Å². The van der Waals surface area contributed by atoms with E-state index in [-0.39, 0.29) is 12.0 Å². The molecule has 1 N–H and O–H groups in total. The number of fused-ring (bicyclic) bond motifs is 3. The van der Waals surface area contributed by atoms with Gasteiger partial charge in [-0.25, -0.2) is 9.78 Å². The first kappa shape index (κ1) is 23.2. The maximum atomic E-state index is 12.2. The van der Waals surface area contributed by atoms with Gasteiger partial charge in [-0.1, -0.05) is 25.3 Å². The van der Waals surface area contributed by atoms with Gasteiger partial charge in [-0.15, -0.1) is 0 Å². The van der Waals surface area contributed by atoms with Crippen LogP contribution < -0.4 is 0 Å². The van der Waals surface area contributed by atoms with Crippen LogP contribution in [0.25, 0.3) is 11.0 Å². The van der Waals surface area contributed by atoms with E-state index in [0.717, 1.165) is 50.6 Å². The van der Waals surface area contributed by atoms with E-state index in [1.807, 2.05) is 0 Å². The number of carbonyl (C=O) groups excluding carboxylic acids is 1. The Morgan fingerprint density at radius 1 is 1.09 bits per heavy atom. The van der Waals surface area contributed by atoms with Gasteiger partial charge in [0, 0.05) is 24.6 Å². The first-order valence-electron chi connectivity index (χ1n) is 13.1. The molecule has 0 spiro atoms. The number of nitrogens with zero attached hydrogens (tertiary/aromatic N) is 3. The van der Waals surface area contributed by atoms with Gasteiger partial charge in [-0.3, -0.25) is 4.79 Å². The molecule has 7 heteroatoms. The number of hydrogen-bond donors (Lipinski definition) is 1. The summed E-state index contributed by atoms with van der Waals surface area (Å²) in [5, 5.41) is 9.32. The monoisotopic (exact) mass is 467 g/mol. The third-order valence-electron chi connectivity index (χ3n) is 8.51. The highest BCUT2D eigenvalue weighted by Gasteiger charge is 2.29. The molecule has 3 aliphatic rings. The Morgan fingerprint density at radius 2 is 1.85 bits per heavy atom. The minimum absolute atomic E-state index is 0.160. The average Bonchev–Trinajstić information content (AvgIpc) is 3.26. The molecule has 2 saturated carbocycles. The van der Waals surface area contributed by atoms with E-state index in [2.05, 4.69) is 16.7 Å². The van der Waals surface area contributed by atoms with Crippen molar-refractivity contribution in [1.82, 2.24) is 14.5 Å². The van der Waals surface area contributed by atoms with E-state index in [1.165, 1.54) is 61.7 Å². The summed E-state index contributed by atoms with van der Waals surface area (Å²) in [6.45, 7) is 2.17. The summed E-state index contributed by atoms with van der Waals surface area (Å²) in [6, 6.07) is 4.47. The van der Waals surface area contributed by atoms with Crippen molar-refractivity contribution in [2.45, 2.75) is 89.6 Å². The summed E-state index contributed by atoms with van der Waals surface area (Å²) >= 11 is 0. The molecule has 184 valence electrons. The lowest BCUT2D eigenvalue weighted by Gasteiger charge is -2.28. The van der Waals surface area contributed by atoms with Crippen LogP contribution >= 0.6 is 0 Å². The fourth-order valence-electron chi connectivity index (χ4n) is 6.44. The minimum atomic E-state index is -0.635. The van der Waals surface area contributed by atoms with Crippen LogP contribution in [0.4, 0.5) is 4.79 Å². The molecule has 1 amide bonds. The highest BCUT2D eigenvalue weighted by atomic mass is 16.5. The zero-order valence-electron chi connectivity index (χ0n) is 20.3. The molecule has 2 heterocycles. The SMILES string of the molecule is COC(=O)N1CCc2ccc3c(nc(C4CCCCC4)n3CC[C@H]3CC[C@@H](C(=O)O)CC3)c2C1. The van der Waals surface area contributed by atoms with Crippen molar-refractivity contribution in [3.8, 4) is 0 Å². The standard InChI is InChI=1S/C27H37N3O4/c1-34-27(33)29-15-14-19-11-12-23-24(22(19)17-29)28-25(20-5-3-2-4-6-20)30(23)16-13-18-7-9-21(10-8-18)26(31)32/h11-12,18,20-21H,2-10,13-17H2,1H3,(H,31,32)/t18-,21+. The number of benzene rings is 1. The summed E-state index contributed by atoms with van der Waals surface area (Å²) in [4.78, 5) is 30.6. The van der Waals surface area contributed by atoms with Gasteiger partial charge in [0.25, 0.3) is 0 Å². The number of carboxylic acid groups (broad SMARTS) is 1. The van der Waals surface area contributed by atoms with Crippen LogP contribution in [-0.2, 0) is 29.0 Å². The molecule has 0 bridgehead atoms. The van der Waals surface area contributed by atoms with Gasteiger partial charge in [-0.2, -0.15) is 0 Å². The molecule has 7 nitrogen and oxygen atoms in total. The lowest BCUT2D eigenvalue weighted by molar-refractivity contribution is -0.143. The molecule has 1 aromatic heterocycles. The zero-order valence-corrected chi connectivity index (χ0v) is 20.3. The lowest BCUT2D eigenvalue weighted by Crippen LogP contribution is -2.35. The Kier molecular flexibility index (Phi) is 6.79. The fraction of sp³-hybridized carbons (Fsp3) is 0.667. The second kappa shape index (κ2) is 9.96. The van der Waals surface area contributed by atoms with Crippen molar-refractivity contribution in [3.05, 3.63) is 29.1 Å². The number of aliphatic carboxylic acids is 1. The molecule has 2 aromatic rings. The number of carboxylic acids is 1. The highest BCUT2D eigenvalue weighted by molar-refractivity contribution is 5.82. The number of carbonyl (C=O) groups is 2. The van der Waals surface area contributed by atoms with Crippen LogP contribution in [0, 0.1) is 11.8 Å². The van der Waals surface area contributed by atoms with Crippen LogP contribution in [0.15, 0.2) is 12.1 Å². The molecule has 1 aliphatic heterocycles. The van der Waals surface area contributed by atoms with Crippen LogP contribution in [0.5, 0.6) is 0 Å². The predicted molar refractivity (Wildman–Crippen MR) is 130 cm³/mol. The topological polar surface area (TPSA) is 84.7 Å². The maximum Gasteiger partial charge on any atom is 0.409 e. The number of aromatic nitrogens is 2. The Labute approximate surface area is 201 Å². The number of rotatable bonds is 5. The van der Waals surface area contributed by atoms with Crippen LogP contribution in [0.3, 0.4) is 0 Å². The summed E-state index contributed by atoms with van der Waals surface area (Å²) < 4.78 is 7.46. The molecule has 34 heavy (non-hydrogen) atoms. The summed E-state index contributed by atoms with van der Waals surface area (Å²) in [6.07, 6.45) is 11.5. The van der Waals surface area contributed by atoms with Gasteiger partial charge in [0.2, 0.25) is 0 Å².